The fourth-order valence-electron chi connectivity index (χ4n) is 2.19. The van der Waals surface area contributed by atoms with Crippen molar-refractivity contribution in [2.24, 2.45) is 4.99 Å². The fourth-order valence-corrected chi connectivity index (χ4v) is 3.30. The first-order chi connectivity index (χ1) is 12.4. The molecule has 2 aromatic carbocycles. The van der Waals surface area contributed by atoms with Gasteiger partial charge in [0.05, 0.1) is 11.4 Å². The third-order valence-corrected chi connectivity index (χ3v) is 4.74. The summed E-state index contributed by atoms with van der Waals surface area (Å²) < 4.78 is 26.4. The Morgan fingerprint density at radius 2 is 1.96 bits per heavy atom. The number of carbonyl (C=O) groups is 2. The molecule has 1 fully saturated rings. The molecular weight excluding hydrogens is 384 g/mol. The maximum absolute atomic E-state index is 13.6. The molecular formula is C17H12ClF2N3O2S. The second-order valence-electron chi connectivity index (χ2n) is 5.37. The van der Waals surface area contributed by atoms with Crippen LogP contribution in [0.2, 0.25) is 5.02 Å². The zero-order chi connectivity index (χ0) is 18.7. The number of nitrogens with one attached hydrogen (secondary N) is 2. The van der Waals surface area contributed by atoms with Crippen LogP contribution in [0, 0.1) is 11.6 Å². The summed E-state index contributed by atoms with van der Waals surface area (Å²) in [4.78, 5) is 28.3. The summed E-state index contributed by atoms with van der Waals surface area (Å²) in [6, 6.07) is 9.56. The molecule has 2 N–H and O–H groups in total. The Bertz CT molecular complexity index is 890. The molecule has 0 unspecified atom stereocenters. The minimum Gasteiger partial charge on any atom is -0.324 e. The zero-order valence-electron chi connectivity index (χ0n) is 13.1. The summed E-state index contributed by atoms with van der Waals surface area (Å²) in [6.07, 6.45) is -0.174. The predicted molar refractivity (Wildman–Crippen MR) is 97.7 cm³/mol. The van der Waals surface area contributed by atoms with Crippen LogP contribution in [0.4, 0.5) is 20.2 Å². The predicted octanol–water partition coefficient (Wildman–Crippen LogP) is 3.87. The summed E-state index contributed by atoms with van der Waals surface area (Å²) in [7, 11) is 0. The SMILES string of the molecule is O=C(C[C@H]1SC(=Nc2ccc(Cl)cc2)NC1=O)Nc1ccc(F)cc1F. The van der Waals surface area contributed by atoms with E-state index in [0.717, 1.165) is 23.9 Å². The summed E-state index contributed by atoms with van der Waals surface area (Å²) in [5, 5.41) is 5.16. The van der Waals surface area contributed by atoms with Gasteiger partial charge in [0.15, 0.2) is 5.17 Å². The number of amidine groups is 1. The van der Waals surface area contributed by atoms with Gasteiger partial charge < -0.3 is 10.6 Å². The Morgan fingerprint density at radius 1 is 1.23 bits per heavy atom. The first-order valence-corrected chi connectivity index (χ1v) is 8.73. The van der Waals surface area contributed by atoms with E-state index in [-0.39, 0.29) is 18.0 Å². The highest BCUT2D eigenvalue weighted by Gasteiger charge is 2.32. The molecule has 0 aromatic heterocycles. The van der Waals surface area contributed by atoms with Crippen LogP contribution < -0.4 is 10.6 Å². The number of anilines is 1. The van der Waals surface area contributed by atoms with Crippen molar-refractivity contribution in [1.29, 1.82) is 0 Å². The van der Waals surface area contributed by atoms with E-state index in [0.29, 0.717) is 21.9 Å². The number of amides is 2. The van der Waals surface area contributed by atoms with Crippen LogP contribution in [0.3, 0.4) is 0 Å². The largest absolute Gasteiger partial charge is 0.324 e. The minimum absolute atomic E-state index is 0.144. The van der Waals surface area contributed by atoms with E-state index >= 15 is 0 Å². The van der Waals surface area contributed by atoms with Crippen molar-refractivity contribution in [3.8, 4) is 0 Å². The van der Waals surface area contributed by atoms with E-state index in [1.165, 1.54) is 0 Å². The molecule has 0 spiro atoms. The Morgan fingerprint density at radius 3 is 2.65 bits per heavy atom. The Labute approximate surface area is 156 Å². The lowest BCUT2D eigenvalue weighted by Gasteiger charge is -2.08. The quantitative estimate of drug-likeness (QED) is 0.825. The first kappa shape index (κ1) is 18.3. The van der Waals surface area contributed by atoms with Crippen molar-refractivity contribution in [3.63, 3.8) is 0 Å². The number of carbonyl (C=O) groups excluding carboxylic acids is 2. The molecule has 2 aromatic rings. The van der Waals surface area contributed by atoms with Crippen LogP contribution in [-0.4, -0.2) is 22.2 Å². The van der Waals surface area contributed by atoms with E-state index in [1.807, 2.05) is 0 Å². The van der Waals surface area contributed by atoms with Crippen LogP contribution in [0.1, 0.15) is 6.42 Å². The molecule has 0 bridgehead atoms. The van der Waals surface area contributed by atoms with Gasteiger partial charge >= 0.3 is 0 Å². The number of hydrogen-bond acceptors (Lipinski definition) is 4. The maximum Gasteiger partial charge on any atom is 0.240 e. The van der Waals surface area contributed by atoms with Crippen LogP contribution >= 0.6 is 23.4 Å². The molecule has 1 saturated heterocycles. The van der Waals surface area contributed by atoms with Gasteiger partial charge in [-0.1, -0.05) is 23.4 Å². The molecule has 2 amide bonds. The van der Waals surface area contributed by atoms with Crippen molar-refractivity contribution in [1.82, 2.24) is 5.32 Å². The van der Waals surface area contributed by atoms with Gasteiger partial charge in [-0.05, 0) is 36.4 Å². The molecule has 134 valence electrons. The van der Waals surface area contributed by atoms with Crippen LogP contribution in [0.15, 0.2) is 47.5 Å². The van der Waals surface area contributed by atoms with E-state index in [9.17, 15) is 18.4 Å². The number of halogens is 3. The molecule has 0 saturated carbocycles. The lowest BCUT2D eigenvalue weighted by molar-refractivity contribution is -0.122. The molecule has 0 aliphatic carbocycles. The van der Waals surface area contributed by atoms with Gasteiger partial charge in [-0.2, -0.15) is 0 Å². The van der Waals surface area contributed by atoms with Crippen molar-refractivity contribution < 1.29 is 18.4 Å². The van der Waals surface area contributed by atoms with Gasteiger partial charge in [-0.15, -0.1) is 0 Å². The maximum atomic E-state index is 13.6. The second-order valence-corrected chi connectivity index (χ2v) is 6.99. The molecule has 0 radical (unpaired) electrons. The normalized spacial score (nSPS) is 18.0. The number of thioether (sulfide) groups is 1. The van der Waals surface area contributed by atoms with Crippen molar-refractivity contribution in [2.45, 2.75) is 11.7 Å². The monoisotopic (exact) mass is 395 g/mol. The Balaban J connectivity index is 1.62. The first-order valence-electron chi connectivity index (χ1n) is 7.47. The molecule has 1 aliphatic heterocycles. The Kier molecular flexibility index (Phi) is 5.53. The molecule has 5 nitrogen and oxygen atoms in total. The van der Waals surface area contributed by atoms with Gasteiger partial charge in [0.2, 0.25) is 11.8 Å². The van der Waals surface area contributed by atoms with Gasteiger partial charge in [-0.25, -0.2) is 13.8 Å². The Hall–Kier alpha value is -2.45. The van der Waals surface area contributed by atoms with Crippen molar-refractivity contribution in [2.75, 3.05) is 5.32 Å². The molecule has 9 heteroatoms. The molecule has 3 rings (SSSR count). The molecule has 1 heterocycles. The highest BCUT2D eigenvalue weighted by Crippen LogP contribution is 2.26. The summed E-state index contributed by atoms with van der Waals surface area (Å²) in [5.74, 6) is -2.55. The molecule has 1 atom stereocenters. The zero-order valence-corrected chi connectivity index (χ0v) is 14.7. The third kappa shape index (κ3) is 4.59. The topological polar surface area (TPSA) is 70.6 Å². The van der Waals surface area contributed by atoms with Gasteiger partial charge in [0.25, 0.3) is 0 Å². The fraction of sp³-hybridized carbons (Fsp3) is 0.118. The number of hydrogen-bond donors (Lipinski definition) is 2. The molecule has 1 aliphatic rings. The molecule has 26 heavy (non-hydrogen) atoms. The van der Waals surface area contributed by atoms with Gasteiger partial charge in [0.1, 0.15) is 16.9 Å². The summed E-state index contributed by atoms with van der Waals surface area (Å²) in [6.45, 7) is 0. The number of nitrogens with zero attached hydrogens (tertiary/aromatic N) is 1. The number of aliphatic imine (C=N–C) groups is 1. The highest BCUT2D eigenvalue weighted by molar-refractivity contribution is 8.15. The lowest BCUT2D eigenvalue weighted by atomic mass is 10.2. The third-order valence-electron chi connectivity index (χ3n) is 3.41. The van der Waals surface area contributed by atoms with Crippen molar-refractivity contribution in [3.05, 3.63) is 59.1 Å². The standard InChI is InChI=1S/C17H12ClF2N3O2S/c18-9-1-4-11(5-2-9)21-17-23-16(25)14(26-17)8-15(24)22-13-6-3-10(19)7-12(13)20/h1-7,14H,8H2,(H,22,24)(H,21,23,25)/t14-/m1/s1. The van der Waals surface area contributed by atoms with Crippen LogP contribution in [0.25, 0.3) is 0 Å². The summed E-state index contributed by atoms with van der Waals surface area (Å²) in [5.41, 5.74) is 0.463. The van der Waals surface area contributed by atoms with Crippen LogP contribution in [0.5, 0.6) is 0 Å². The van der Waals surface area contributed by atoms with E-state index in [2.05, 4.69) is 15.6 Å². The summed E-state index contributed by atoms with van der Waals surface area (Å²) >= 11 is 6.91. The lowest BCUT2D eigenvalue weighted by Crippen LogP contribution is -2.28. The average molecular weight is 396 g/mol. The van der Waals surface area contributed by atoms with Gasteiger partial charge in [-0.3, -0.25) is 9.59 Å². The van der Waals surface area contributed by atoms with E-state index < -0.39 is 22.8 Å². The average Bonchev–Trinajstić information content (AvgIpc) is 2.91. The highest BCUT2D eigenvalue weighted by atomic mass is 35.5. The number of rotatable bonds is 4. The smallest absolute Gasteiger partial charge is 0.240 e. The number of benzene rings is 2. The van der Waals surface area contributed by atoms with Gasteiger partial charge in [0, 0.05) is 17.5 Å². The van der Waals surface area contributed by atoms with Crippen molar-refractivity contribution >= 4 is 51.7 Å². The second kappa shape index (κ2) is 7.84. The van der Waals surface area contributed by atoms with Crippen LogP contribution in [-0.2, 0) is 9.59 Å². The minimum atomic E-state index is -0.883. The van der Waals surface area contributed by atoms with E-state index in [1.54, 1.807) is 24.3 Å². The van der Waals surface area contributed by atoms with E-state index in [4.69, 9.17) is 11.6 Å².